The number of carbonyl (C=O) groups is 3. The molecule has 2 atom stereocenters. The van der Waals surface area contributed by atoms with E-state index in [0.717, 1.165) is 72.5 Å². The van der Waals surface area contributed by atoms with Gasteiger partial charge in [-0.05, 0) is 125 Å². The molecule has 2 unspecified atom stereocenters. The molecule has 16 nitrogen and oxygen atoms in total. The third kappa shape index (κ3) is 9.20. The number of likely N-dealkylation sites (tertiary alicyclic amines) is 1. The van der Waals surface area contributed by atoms with Gasteiger partial charge >= 0.3 is 6.09 Å². The van der Waals surface area contributed by atoms with E-state index in [2.05, 4.69) is 16.2 Å². The quantitative estimate of drug-likeness (QED) is 0.0945. The van der Waals surface area contributed by atoms with Gasteiger partial charge in [-0.25, -0.2) is 24.1 Å². The summed E-state index contributed by atoms with van der Waals surface area (Å²) in [5, 5.41) is 3.33. The van der Waals surface area contributed by atoms with Crippen molar-refractivity contribution < 1.29 is 28.6 Å². The number of rotatable bonds is 10. The smallest absolute Gasteiger partial charge is 0.410 e. The van der Waals surface area contributed by atoms with Gasteiger partial charge in [0.2, 0.25) is 0 Å². The molecule has 4 aliphatic rings. The van der Waals surface area contributed by atoms with Crippen LogP contribution >= 0.6 is 0 Å². The van der Waals surface area contributed by atoms with E-state index in [4.69, 9.17) is 35.6 Å². The zero-order chi connectivity index (χ0) is 45.2. The molecule has 0 bridgehead atoms. The Labute approximate surface area is 377 Å². The van der Waals surface area contributed by atoms with Crippen LogP contribution < -0.4 is 37.1 Å². The highest BCUT2D eigenvalue weighted by Gasteiger charge is 2.43. The second kappa shape index (κ2) is 18.0. The van der Waals surface area contributed by atoms with Crippen molar-refractivity contribution in [2.75, 3.05) is 50.1 Å². The first-order valence-electron chi connectivity index (χ1n) is 22.1. The van der Waals surface area contributed by atoms with Crippen molar-refractivity contribution in [2.45, 2.75) is 51.0 Å². The number of amides is 3. The van der Waals surface area contributed by atoms with E-state index in [9.17, 15) is 14.4 Å². The van der Waals surface area contributed by atoms with Crippen molar-refractivity contribution >= 4 is 17.9 Å². The van der Waals surface area contributed by atoms with Gasteiger partial charge in [0.25, 0.3) is 11.8 Å². The molecule has 10 rings (SSSR count). The van der Waals surface area contributed by atoms with Crippen molar-refractivity contribution in [1.82, 2.24) is 29.5 Å². The fourth-order valence-corrected chi connectivity index (χ4v) is 8.81. The number of nitrogens with zero attached hydrogens (tertiary/aromatic N) is 5. The highest BCUT2D eigenvalue weighted by Crippen LogP contribution is 2.40. The van der Waals surface area contributed by atoms with Crippen molar-refractivity contribution in [3.8, 4) is 45.5 Å². The molecule has 4 aromatic carbocycles. The number of imidazole rings is 2. The summed E-state index contributed by atoms with van der Waals surface area (Å²) in [7, 11) is 0. The van der Waals surface area contributed by atoms with Gasteiger partial charge in [-0.1, -0.05) is 36.4 Å². The lowest BCUT2D eigenvalue weighted by molar-refractivity contribution is -0.00639. The van der Waals surface area contributed by atoms with Gasteiger partial charge in [0.1, 0.15) is 51.6 Å². The predicted molar refractivity (Wildman–Crippen MR) is 246 cm³/mol. The maximum absolute atomic E-state index is 12.5. The van der Waals surface area contributed by atoms with E-state index < -0.39 is 17.4 Å². The van der Waals surface area contributed by atoms with Gasteiger partial charge in [0.05, 0.1) is 0 Å². The summed E-state index contributed by atoms with van der Waals surface area (Å²) in [5.74, 6) is 4.76. The summed E-state index contributed by atoms with van der Waals surface area (Å²) in [4.78, 5) is 48.6. The first-order valence-corrected chi connectivity index (χ1v) is 22.1. The Kier molecular flexibility index (Phi) is 11.9. The molecule has 0 saturated carbocycles. The molecule has 6 aromatic rings. The van der Waals surface area contributed by atoms with Crippen LogP contribution in [-0.2, 0) is 4.74 Å². The third-order valence-corrected chi connectivity index (χ3v) is 12.1. The van der Waals surface area contributed by atoms with Gasteiger partial charge in [0, 0.05) is 55.1 Å². The molecular weight excluding hydrogens is 825 g/mol. The van der Waals surface area contributed by atoms with Crippen LogP contribution in [0.25, 0.3) is 22.5 Å². The highest BCUT2D eigenvalue weighted by atomic mass is 16.6. The number of ether oxygens (including phenoxy) is 3. The van der Waals surface area contributed by atoms with Crippen molar-refractivity contribution in [2.24, 2.45) is 23.3 Å². The number of benzene rings is 4. The molecule has 2 aromatic heterocycles. The summed E-state index contributed by atoms with van der Waals surface area (Å²) in [5.41, 5.74) is 21.1. The van der Waals surface area contributed by atoms with E-state index in [0.29, 0.717) is 60.0 Å². The number of hydrogen-bond donors (Lipinski definition) is 5. The largest absolute Gasteiger partial charge is 0.457 e. The number of para-hydroxylation sites is 2. The summed E-state index contributed by atoms with van der Waals surface area (Å²) in [6.45, 7) is 10.2. The van der Waals surface area contributed by atoms with Crippen molar-refractivity contribution in [3.05, 3.63) is 132 Å². The maximum Gasteiger partial charge on any atom is 0.410 e. The van der Waals surface area contributed by atoms with Gasteiger partial charge in [-0.3, -0.25) is 9.59 Å². The maximum atomic E-state index is 12.5. The molecule has 7 N–H and O–H groups in total. The Hall–Kier alpha value is -7.33. The van der Waals surface area contributed by atoms with Crippen LogP contribution in [-0.4, -0.2) is 87.0 Å². The van der Waals surface area contributed by atoms with Gasteiger partial charge in [0.15, 0.2) is 11.4 Å². The number of carbonyl (C=O) groups excluding carboxylic acids is 3. The second-order valence-electron chi connectivity index (χ2n) is 17.8. The number of nitrogens with two attached hydrogens (primary N) is 2. The lowest BCUT2D eigenvalue weighted by Gasteiger charge is -2.44. The number of aromatic nitrogens is 4. The van der Waals surface area contributed by atoms with Gasteiger partial charge in [-0.2, -0.15) is 0 Å². The van der Waals surface area contributed by atoms with E-state index in [1.165, 1.54) is 0 Å². The van der Waals surface area contributed by atoms with Crippen LogP contribution in [0.2, 0.25) is 0 Å². The normalized spacial score (nSPS) is 17.9. The van der Waals surface area contributed by atoms with E-state index in [1.54, 1.807) is 14.3 Å². The fraction of sp³-hybridized carbons (Fsp3) is 0.327. The molecule has 16 heteroatoms. The van der Waals surface area contributed by atoms with Crippen molar-refractivity contribution in [3.63, 3.8) is 0 Å². The third-order valence-electron chi connectivity index (χ3n) is 12.1. The molecule has 4 aliphatic heterocycles. The molecule has 2 fully saturated rings. The van der Waals surface area contributed by atoms with Gasteiger partial charge in [-0.15, -0.1) is 0 Å². The van der Waals surface area contributed by atoms with E-state index in [1.807, 2.05) is 130 Å². The predicted octanol–water partition coefficient (Wildman–Crippen LogP) is 7.03. The molecule has 2 saturated heterocycles. The number of hydrogen-bond acceptors (Lipinski definition) is 11. The molecule has 0 radical (unpaired) electrons. The first-order chi connectivity index (χ1) is 31.4. The summed E-state index contributed by atoms with van der Waals surface area (Å²) in [6.07, 6.45) is 1.56. The number of primary amides is 2. The minimum absolute atomic E-state index is 0.0949. The summed E-state index contributed by atoms with van der Waals surface area (Å²) >= 11 is 0. The molecule has 6 heterocycles. The lowest BCUT2D eigenvalue weighted by atomic mass is 9.82. The van der Waals surface area contributed by atoms with Crippen LogP contribution in [0, 0.1) is 11.8 Å². The minimum Gasteiger partial charge on any atom is -0.457 e. The number of fused-ring (bicyclic) bond motifs is 2. The molecule has 3 amide bonds. The summed E-state index contributed by atoms with van der Waals surface area (Å²) in [6, 6.07) is 34.2. The van der Waals surface area contributed by atoms with Crippen LogP contribution in [0.5, 0.6) is 23.0 Å². The summed E-state index contributed by atoms with van der Waals surface area (Å²) < 4.78 is 20.8. The monoisotopic (exact) mass is 878 g/mol. The first kappa shape index (κ1) is 42.9. The van der Waals surface area contributed by atoms with Crippen LogP contribution in [0.1, 0.15) is 78.1 Å². The standard InChI is InChI=1S/C27H31N5O4.C22H23N5O2/c1-27(2,3)36-26(34)31-15-18(16-31)21-13-14-29-32-23(24(28)33)22(30-25(21)32)17-9-11-20(12-10-17)35-19-7-5-4-6-8-19;23-21(28)20-19(26-22-18(15-12-24-13-15)10-11-25-27(20)22)14-6-8-17(9-7-14)29-16-4-2-1-3-5-16/h4-12,18,21,29H,13-16H2,1-3H3,(H2,28,33);1-9,15,18,24-25H,10-13H2,(H2,23,28). The molecule has 336 valence electrons. The molecular formula is C49H54N10O6. The average Bonchev–Trinajstić information content (AvgIpc) is 3.85. The number of nitrogens with one attached hydrogen (secondary N) is 3. The Bertz CT molecular complexity index is 2650. The van der Waals surface area contributed by atoms with Crippen LogP contribution in [0.3, 0.4) is 0 Å². The SMILES string of the molecule is CC(C)(C)OC(=O)N1CC(C2CCNn3c2nc(-c2ccc(Oc4ccccc4)cc2)c3C(N)=O)C1.NC(=O)c1c(-c2ccc(Oc3ccccc3)cc2)nc2n1NCCC2C1CNC1. The lowest BCUT2D eigenvalue weighted by Crippen LogP contribution is -2.54. The Morgan fingerprint density at radius 3 is 1.40 bits per heavy atom. The zero-order valence-corrected chi connectivity index (χ0v) is 36.7. The Morgan fingerprint density at radius 1 is 0.600 bits per heavy atom. The minimum atomic E-state index is -0.550. The van der Waals surface area contributed by atoms with Crippen molar-refractivity contribution in [1.29, 1.82) is 0 Å². The van der Waals surface area contributed by atoms with E-state index in [-0.39, 0.29) is 17.9 Å². The topological polar surface area (TPSA) is 206 Å². The molecule has 0 aliphatic carbocycles. The average molecular weight is 879 g/mol. The Balaban J connectivity index is 0.000000168. The van der Waals surface area contributed by atoms with Gasteiger partial charge < -0.3 is 46.7 Å². The van der Waals surface area contributed by atoms with Crippen LogP contribution in [0.4, 0.5) is 4.79 Å². The zero-order valence-electron chi connectivity index (χ0n) is 36.7. The highest BCUT2D eigenvalue weighted by molar-refractivity contribution is 5.98. The second-order valence-corrected chi connectivity index (χ2v) is 17.8. The fourth-order valence-electron chi connectivity index (χ4n) is 8.81. The Morgan fingerprint density at radius 2 is 1.02 bits per heavy atom. The molecule has 65 heavy (non-hydrogen) atoms. The molecule has 0 spiro atoms. The van der Waals surface area contributed by atoms with Crippen LogP contribution in [0.15, 0.2) is 109 Å². The van der Waals surface area contributed by atoms with E-state index >= 15 is 0 Å².